The van der Waals surface area contributed by atoms with E-state index in [2.05, 4.69) is 20.3 Å². The molecular weight excluding hydrogens is 250 g/mol. The molecule has 8 heteroatoms. The maximum Gasteiger partial charge on any atom is 0.326 e. The van der Waals surface area contributed by atoms with Gasteiger partial charge < -0.3 is 20.0 Å². The summed E-state index contributed by atoms with van der Waals surface area (Å²) in [6.07, 6.45) is 6.09. The Labute approximate surface area is 108 Å². The predicted molar refractivity (Wildman–Crippen MR) is 64.4 cm³/mol. The molecule has 2 rings (SSSR count). The molecule has 19 heavy (non-hydrogen) atoms. The Hall–Kier alpha value is -2.64. The van der Waals surface area contributed by atoms with Crippen molar-refractivity contribution in [3.05, 3.63) is 36.4 Å². The van der Waals surface area contributed by atoms with E-state index in [9.17, 15) is 9.59 Å². The second-order valence-electron chi connectivity index (χ2n) is 4.07. The standard InChI is InChI=1S/C11H13N5O3/c1-16-4-9(14-6-16)10(17)15-8(11(18)19)2-7-3-12-5-13-7/h3-6,8H,2H2,1H3,(H,12,13)(H,15,17)(H,18,19)/t8-/m1/s1. The van der Waals surface area contributed by atoms with E-state index in [-0.39, 0.29) is 12.1 Å². The number of carbonyl (C=O) groups is 2. The van der Waals surface area contributed by atoms with Gasteiger partial charge in [0.1, 0.15) is 11.7 Å². The first-order valence-electron chi connectivity index (χ1n) is 5.55. The van der Waals surface area contributed by atoms with Gasteiger partial charge in [-0.25, -0.2) is 14.8 Å². The summed E-state index contributed by atoms with van der Waals surface area (Å²) >= 11 is 0. The zero-order valence-corrected chi connectivity index (χ0v) is 10.2. The molecule has 0 saturated heterocycles. The zero-order valence-electron chi connectivity index (χ0n) is 10.2. The quantitative estimate of drug-likeness (QED) is 0.677. The number of carboxylic acid groups (broad SMARTS) is 1. The molecule has 0 aliphatic carbocycles. The van der Waals surface area contributed by atoms with Crippen LogP contribution < -0.4 is 5.32 Å². The van der Waals surface area contributed by atoms with Crippen LogP contribution in [0.3, 0.4) is 0 Å². The van der Waals surface area contributed by atoms with Crippen LogP contribution in [0.15, 0.2) is 25.0 Å². The number of H-pyrrole nitrogens is 1. The third-order valence-electron chi connectivity index (χ3n) is 2.52. The van der Waals surface area contributed by atoms with E-state index in [1.165, 1.54) is 25.0 Å². The number of aliphatic carboxylic acids is 1. The zero-order chi connectivity index (χ0) is 13.8. The Morgan fingerprint density at radius 1 is 1.58 bits per heavy atom. The van der Waals surface area contributed by atoms with Gasteiger partial charge in [0.05, 0.1) is 12.7 Å². The number of nitrogens with zero attached hydrogens (tertiary/aromatic N) is 3. The van der Waals surface area contributed by atoms with Crippen LogP contribution in [0.25, 0.3) is 0 Å². The number of hydrogen-bond acceptors (Lipinski definition) is 4. The van der Waals surface area contributed by atoms with Gasteiger partial charge in [0.25, 0.3) is 5.91 Å². The lowest BCUT2D eigenvalue weighted by atomic mass is 10.1. The minimum atomic E-state index is -1.11. The largest absolute Gasteiger partial charge is 0.480 e. The lowest BCUT2D eigenvalue weighted by Gasteiger charge is -2.12. The second-order valence-corrected chi connectivity index (χ2v) is 4.07. The number of aromatic nitrogens is 4. The molecule has 0 bridgehead atoms. The van der Waals surface area contributed by atoms with E-state index in [4.69, 9.17) is 5.11 Å². The molecule has 0 spiro atoms. The van der Waals surface area contributed by atoms with Gasteiger partial charge in [0.2, 0.25) is 0 Å². The lowest BCUT2D eigenvalue weighted by Crippen LogP contribution is -2.42. The van der Waals surface area contributed by atoms with Crippen molar-refractivity contribution < 1.29 is 14.7 Å². The van der Waals surface area contributed by atoms with Gasteiger partial charge in [0, 0.05) is 31.6 Å². The summed E-state index contributed by atoms with van der Waals surface area (Å²) in [5.74, 6) is -1.63. The molecule has 0 aliphatic rings. The fourth-order valence-corrected chi connectivity index (χ4v) is 1.58. The predicted octanol–water partition coefficient (Wildman–Crippen LogP) is -0.431. The van der Waals surface area contributed by atoms with Crippen molar-refractivity contribution in [2.24, 2.45) is 7.05 Å². The van der Waals surface area contributed by atoms with E-state index >= 15 is 0 Å². The first-order chi connectivity index (χ1) is 9.06. The fraction of sp³-hybridized carbons (Fsp3) is 0.273. The van der Waals surface area contributed by atoms with Gasteiger partial charge in [-0.3, -0.25) is 4.79 Å². The van der Waals surface area contributed by atoms with Crippen LogP contribution in [0.1, 0.15) is 16.2 Å². The van der Waals surface area contributed by atoms with E-state index < -0.39 is 17.9 Å². The smallest absolute Gasteiger partial charge is 0.326 e. The Kier molecular flexibility index (Phi) is 3.60. The first kappa shape index (κ1) is 12.8. The highest BCUT2D eigenvalue weighted by molar-refractivity contribution is 5.94. The number of imidazole rings is 2. The monoisotopic (exact) mass is 263 g/mol. The summed E-state index contributed by atoms with van der Waals surface area (Å²) < 4.78 is 1.61. The summed E-state index contributed by atoms with van der Waals surface area (Å²) in [5, 5.41) is 11.5. The number of aromatic amines is 1. The topological polar surface area (TPSA) is 113 Å². The maximum absolute atomic E-state index is 11.8. The molecular formula is C11H13N5O3. The number of aryl methyl sites for hydroxylation is 1. The molecule has 0 radical (unpaired) electrons. The van der Waals surface area contributed by atoms with Gasteiger partial charge in [0.15, 0.2) is 0 Å². The van der Waals surface area contributed by atoms with Crippen molar-refractivity contribution >= 4 is 11.9 Å². The molecule has 1 amide bonds. The third kappa shape index (κ3) is 3.18. The Morgan fingerprint density at radius 3 is 2.89 bits per heavy atom. The van der Waals surface area contributed by atoms with Gasteiger partial charge >= 0.3 is 5.97 Å². The maximum atomic E-state index is 11.8. The summed E-state index contributed by atoms with van der Waals surface area (Å²) in [7, 11) is 1.73. The summed E-state index contributed by atoms with van der Waals surface area (Å²) in [6, 6.07) is -1.03. The fourth-order valence-electron chi connectivity index (χ4n) is 1.58. The molecule has 0 fully saturated rings. The molecule has 0 aliphatic heterocycles. The number of amides is 1. The van der Waals surface area contributed by atoms with Gasteiger partial charge in [-0.2, -0.15) is 0 Å². The van der Waals surface area contributed by atoms with Crippen LogP contribution in [-0.2, 0) is 18.3 Å². The highest BCUT2D eigenvalue weighted by Gasteiger charge is 2.22. The summed E-state index contributed by atoms with van der Waals surface area (Å²) in [4.78, 5) is 33.4. The number of rotatable bonds is 5. The lowest BCUT2D eigenvalue weighted by molar-refractivity contribution is -0.139. The number of nitrogens with one attached hydrogen (secondary N) is 2. The number of hydrogen-bond donors (Lipinski definition) is 3. The van der Waals surface area contributed by atoms with E-state index in [1.807, 2.05) is 0 Å². The first-order valence-corrected chi connectivity index (χ1v) is 5.55. The van der Waals surface area contributed by atoms with Crippen LogP contribution in [0.5, 0.6) is 0 Å². The molecule has 100 valence electrons. The van der Waals surface area contributed by atoms with E-state index in [0.717, 1.165) is 0 Å². The summed E-state index contributed by atoms with van der Waals surface area (Å²) in [6.45, 7) is 0. The Bertz CT molecular complexity index is 575. The third-order valence-corrected chi connectivity index (χ3v) is 2.52. The van der Waals surface area contributed by atoms with Crippen molar-refractivity contribution in [3.8, 4) is 0 Å². The van der Waals surface area contributed by atoms with Crippen LogP contribution in [0.2, 0.25) is 0 Å². The molecule has 8 nitrogen and oxygen atoms in total. The van der Waals surface area contributed by atoms with Crippen molar-refractivity contribution in [2.45, 2.75) is 12.5 Å². The van der Waals surface area contributed by atoms with Gasteiger partial charge in [-0.1, -0.05) is 0 Å². The van der Waals surface area contributed by atoms with Gasteiger partial charge in [-0.05, 0) is 0 Å². The van der Waals surface area contributed by atoms with Crippen molar-refractivity contribution in [2.75, 3.05) is 0 Å². The minimum Gasteiger partial charge on any atom is -0.480 e. The number of carboxylic acids is 1. The van der Waals surface area contributed by atoms with Gasteiger partial charge in [-0.15, -0.1) is 0 Å². The molecule has 2 aromatic rings. The average molecular weight is 263 g/mol. The minimum absolute atomic E-state index is 0.133. The van der Waals surface area contributed by atoms with E-state index in [0.29, 0.717) is 5.69 Å². The Morgan fingerprint density at radius 2 is 2.37 bits per heavy atom. The molecule has 1 atom stereocenters. The van der Waals surface area contributed by atoms with Crippen LogP contribution in [-0.4, -0.2) is 42.5 Å². The SMILES string of the molecule is Cn1cnc(C(=O)N[C@H](Cc2cnc[nH]2)C(=O)O)c1. The number of carbonyl (C=O) groups excluding carboxylic acids is 1. The van der Waals surface area contributed by atoms with Crippen molar-refractivity contribution in [3.63, 3.8) is 0 Å². The summed E-state index contributed by atoms with van der Waals surface area (Å²) in [5.41, 5.74) is 0.812. The molecule has 3 N–H and O–H groups in total. The molecule has 2 heterocycles. The second kappa shape index (κ2) is 5.34. The van der Waals surface area contributed by atoms with Crippen molar-refractivity contribution in [1.29, 1.82) is 0 Å². The van der Waals surface area contributed by atoms with Crippen molar-refractivity contribution in [1.82, 2.24) is 24.8 Å². The average Bonchev–Trinajstić information content (AvgIpc) is 2.99. The normalized spacial score (nSPS) is 12.1. The van der Waals surface area contributed by atoms with Crippen LogP contribution in [0.4, 0.5) is 0 Å². The highest BCUT2D eigenvalue weighted by Crippen LogP contribution is 2.01. The molecule has 0 saturated carbocycles. The van der Waals surface area contributed by atoms with Crippen LogP contribution >= 0.6 is 0 Å². The Balaban J connectivity index is 2.04. The molecule has 2 aromatic heterocycles. The highest BCUT2D eigenvalue weighted by atomic mass is 16.4. The van der Waals surface area contributed by atoms with Crippen LogP contribution in [0, 0.1) is 0 Å². The molecule has 0 unspecified atom stereocenters. The molecule has 0 aromatic carbocycles. The van der Waals surface area contributed by atoms with E-state index in [1.54, 1.807) is 11.6 Å².